The summed E-state index contributed by atoms with van der Waals surface area (Å²) in [5.74, 6) is 0. The van der Waals surface area contributed by atoms with Gasteiger partial charge in [-0.2, -0.15) is 0 Å². The van der Waals surface area contributed by atoms with Gasteiger partial charge in [0.1, 0.15) is 0 Å². The molecule has 72 valence electrons. The van der Waals surface area contributed by atoms with Crippen molar-refractivity contribution in [2.45, 2.75) is 19.4 Å². The maximum atomic E-state index is 5.39. The molecule has 0 saturated heterocycles. The summed E-state index contributed by atoms with van der Waals surface area (Å²) in [5, 5.41) is 0. The summed E-state index contributed by atoms with van der Waals surface area (Å²) >= 11 is 0. The summed E-state index contributed by atoms with van der Waals surface area (Å²) in [6.45, 7) is 2.90. The maximum absolute atomic E-state index is 5.39. The highest BCUT2D eigenvalue weighted by Gasteiger charge is 2.05. The van der Waals surface area contributed by atoms with Crippen LogP contribution in [0, 0.1) is 0 Å². The summed E-state index contributed by atoms with van der Waals surface area (Å²) in [7, 11) is 2.09. The van der Waals surface area contributed by atoms with Gasteiger partial charge in [-0.3, -0.25) is 0 Å². The molecule has 1 rings (SSSR count). The summed E-state index contributed by atoms with van der Waals surface area (Å²) in [5.41, 5.74) is 6.64. The zero-order valence-corrected chi connectivity index (χ0v) is 8.40. The number of rotatable bonds is 3. The molecule has 0 bridgehead atoms. The van der Waals surface area contributed by atoms with E-state index in [4.69, 9.17) is 5.73 Å². The molecule has 1 aliphatic rings. The molecule has 0 radical (unpaired) electrons. The molecule has 0 amide bonds. The molecular formula is C11H18N2. The lowest BCUT2D eigenvalue weighted by Crippen LogP contribution is -2.23. The van der Waals surface area contributed by atoms with Crippen molar-refractivity contribution in [3.8, 4) is 0 Å². The highest BCUT2D eigenvalue weighted by Crippen LogP contribution is 2.12. The van der Waals surface area contributed by atoms with E-state index in [1.54, 1.807) is 0 Å². The minimum atomic E-state index is 0.506. The van der Waals surface area contributed by atoms with E-state index in [-0.39, 0.29) is 0 Å². The fraction of sp³-hybridized carbons (Fsp3) is 0.455. The predicted molar refractivity (Wildman–Crippen MR) is 57.3 cm³/mol. The molecule has 2 nitrogen and oxygen atoms in total. The number of likely N-dealkylation sites (N-methyl/N-ethyl adjacent to an activating group) is 1. The van der Waals surface area contributed by atoms with Gasteiger partial charge in [0.2, 0.25) is 0 Å². The van der Waals surface area contributed by atoms with Crippen molar-refractivity contribution in [3.63, 3.8) is 0 Å². The number of hydrogen-bond acceptors (Lipinski definition) is 2. The van der Waals surface area contributed by atoms with Crippen molar-refractivity contribution in [3.05, 3.63) is 36.1 Å². The Kier molecular flexibility index (Phi) is 3.77. The quantitative estimate of drug-likeness (QED) is 0.712. The van der Waals surface area contributed by atoms with E-state index in [1.807, 2.05) is 0 Å². The first-order valence-electron chi connectivity index (χ1n) is 4.72. The Morgan fingerprint density at radius 1 is 1.62 bits per heavy atom. The van der Waals surface area contributed by atoms with Crippen molar-refractivity contribution >= 4 is 0 Å². The van der Waals surface area contributed by atoms with Crippen molar-refractivity contribution < 1.29 is 0 Å². The van der Waals surface area contributed by atoms with Crippen LogP contribution in [0.4, 0.5) is 0 Å². The molecule has 0 fully saturated rings. The third-order valence-corrected chi connectivity index (χ3v) is 2.21. The van der Waals surface area contributed by atoms with Gasteiger partial charge in [0.25, 0.3) is 0 Å². The average molecular weight is 178 g/mol. The van der Waals surface area contributed by atoms with Gasteiger partial charge in [-0.15, -0.1) is 0 Å². The largest absolute Gasteiger partial charge is 0.374 e. The molecule has 2 N–H and O–H groups in total. The van der Waals surface area contributed by atoms with Crippen LogP contribution in [0.2, 0.25) is 0 Å². The smallest absolute Gasteiger partial charge is 0.0439 e. The van der Waals surface area contributed by atoms with E-state index < -0.39 is 0 Å². The van der Waals surface area contributed by atoms with Crippen molar-refractivity contribution in [2.75, 3.05) is 13.6 Å². The first kappa shape index (κ1) is 10.1. The zero-order valence-electron chi connectivity index (χ0n) is 8.40. The Labute approximate surface area is 80.4 Å². The maximum Gasteiger partial charge on any atom is 0.0439 e. The highest BCUT2D eigenvalue weighted by molar-refractivity contribution is 5.33. The number of nitrogens with two attached hydrogens (primary N) is 1. The normalized spacial score (nSPS) is 22.5. The molecule has 0 aromatic rings. The van der Waals surface area contributed by atoms with Gasteiger partial charge in [0.15, 0.2) is 0 Å². The van der Waals surface area contributed by atoms with Crippen LogP contribution < -0.4 is 5.73 Å². The molecule has 13 heavy (non-hydrogen) atoms. The molecule has 1 unspecified atom stereocenters. The lowest BCUT2D eigenvalue weighted by Gasteiger charge is -2.24. The summed E-state index contributed by atoms with van der Waals surface area (Å²) < 4.78 is 0. The minimum absolute atomic E-state index is 0.506. The van der Waals surface area contributed by atoms with Gasteiger partial charge in [-0.1, -0.05) is 24.3 Å². The number of allylic oxidation sites excluding steroid dienone is 3. The zero-order chi connectivity index (χ0) is 9.68. The van der Waals surface area contributed by atoms with Crippen LogP contribution in [-0.4, -0.2) is 24.5 Å². The Morgan fingerprint density at radius 3 is 3.00 bits per heavy atom. The van der Waals surface area contributed by atoms with Crippen molar-refractivity contribution in [1.82, 2.24) is 4.90 Å². The monoisotopic (exact) mass is 178 g/mol. The molecule has 0 aromatic carbocycles. The fourth-order valence-corrected chi connectivity index (χ4v) is 1.20. The third kappa shape index (κ3) is 3.07. The molecule has 0 spiro atoms. The Hall–Kier alpha value is -1.02. The van der Waals surface area contributed by atoms with E-state index >= 15 is 0 Å². The summed E-state index contributed by atoms with van der Waals surface area (Å²) in [6, 6.07) is 0.506. The van der Waals surface area contributed by atoms with Crippen LogP contribution in [-0.2, 0) is 0 Å². The van der Waals surface area contributed by atoms with Gasteiger partial charge in [-0.25, -0.2) is 0 Å². The Bertz CT molecular complexity index is 238. The Balaban J connectivity index is 2.53. The second-order valence-corrected chi connectivity index (χ2v) is 3.37. The summed E-state index contributed by atoms with van der Waals surface area (Å²) in [6.07, 6.45) is 11.7. The second kappa shape index (κ2) is 4.87. The lowest BCUT2D eigenvalue weighted by molar-refractivity contribution is 0.401. The third-order valence-electron chi connectivity index (χ3n) is 2.21. The van der Waals surface area contributed by atoms with E-state index in [0.29, 0.717) is 6.04 Å². The van der Waals surface area contributed by atoms with Crippen LogP contribution in [0.3, 0.4) is 0 Å². The van der Waals surface area contributed by atoms with Crippen LogP contribution in [0.5, 0.6) is 0 Å². The van der Waals surface area contributed by atoms with Gasteiger partial charge in [0.05, 0.1) is 0 Å². The average Bonchev–Trinajstić information content (AvgIpc) is 2.12. The van der Waals surface area contributed by atoms with Crippen molar-refractivity contribution in [1.29, 1.82) is 0 Å². The molecule has 0 aliphatic carbocycles. The van der Waals surface area contributed by atoms with Gasteiger partial charge in [-0.05, 0) is 25.5 Å². The van der Waals surface area contributed by atoms with Gasteiger partial charge >= 0.3 is 0 Å². The van der Waals surface area contributed by atoms with E-state index in [1.165, 1.54) is 5.57 Å². The molecule has 0 saturated carbocycles. The fourth-order valence-electron chi connectivity index (χ4n) is 1.20. The number of nitrogens with zero attached hydrogens (tertiary/aromatic N) is 1. The van der Waals surface area contributed by atoms with E-state index in [0.717, 1.165) is 13.0 Å². The molecule has 0 aromatic heterocycles. The second-order valence-electron chi connectivity index (χ2n) is 3.37. The van der Waals surface area contributed by atoms with Crippen LogP contribution in [0.15, 0.2) is 36.1 Å². The lowest BCUT2D eigenvalue weighted by atomic mass is 10.1. The minimum Gasteiger partial charge on any atom is -0.374 e. The van der Waals surface area contributed by atoms with Gasteiger partial charge in [0, 0.05) is 19.3 Å². The highest BCUT2D eigenvalue weighted by atomic mass is 15.1. The predicted octanol–water partition coefficient (Wildman–Crippen LogP) is 1.67. The Morgan fingerprint density at radius 2 is 2.38 bits per heavy atom. The van der Waals surface area contributed by atoms with E-state index in [2.05, 4.69) is 49.4 Å². The molecule has 1 aliphatic heterocycles. The first-order chi connectivity index (χ1) is 6.24. The van der Waals surface area contributed by atoms with E-state index in [9.17, 15) is 0 Å². The SMILES string of the molecule is CC1C=CC(/C=C/CCN)=CN1C. The van der Waals surface area contributed by atoms with Crippen LogP contribution in [0.25, 0.3) is 0 Å². The summed E-state index contributed by atoms with van der Waals surface area (Å²) in [4.78, 5) is 2.20. The van der Waals surface area contributed by atoms with Crippen LogP contribution >= 0.6 is 0 Å². The number of hydrogen-bond donors (Lipinski definition) is 1. The van der Waals surface area contributed by atoms with Crippen LogP contribution in [0.1, 0.15) is 13.3 Å². The van der Waals surface area contributed by atoms with Gasteiger partial charge < -0.3 is 10.6 Å². The topological polar surface area (TPSA) is 29.3 Å². The first-order valence-corrected chi connectivity index (χ1v) is 4.72. The molecule has 1 heterocycles. The standard InChI is InChI=1S/C11H18N2/c1-10-6-7-11(9-13(10)2)5-3-4-8-12/h3,5-7,9-10H,4,8,12H2,1-2H3/b5-3+. The molecular weight excluding hydrogens is 160 g/mol. The van der Waals surface area contributed by atoms with Crippen molar-refractivity contribution in [2.24, 2.45) is 5.73 Å². The molecule has 1 atom stereocenters. The molecule has 2 heteroatoms.